The highest BCUT2D eigenvalue weighted by molar-refractivity contribution is 6.09. The van der Waals surface area contributed by atoms with E-state index in [2.05, 4.69) is 4.74 Å². The quantitative estimate of drug-likeness (QED) is 0.483. The molecule has 0 bridgehead atoms. The molecular weight excluding hydrogens is 188 g/mol. The number of rotatable bonds is 5. The van der Waals surface area contributed by atoms with Crippen molar-refractivity contribution in [2.45, 2.75) is 13.3 Å². The standard InChI is InChI=1S/C8H10N2O4/c1-2-14-8(13)5(4-9)6(10)3-7(11)12/h5,10H,2-3H2,1H3,(H,11,12). The van der Waals surface area contributed by atoms with E-state index in [4.69, 9.17) is 15.8 Å². The molecule has 0 aliphatic heterocycles. The summed E-state index contributed by atoms with van der Waals surface area (Å²) in [6, 6.07) is 1.53. The summed E-state index contributed by atoms with van der Waals surface area (Å²) in [4.78, 5) is 21.2. The van der Waals surface area contributed by atoms with E-state index in [1.807, 2.05) is 0 Å². The molecule has 0 aromatic rings. The summed E-state index contributed by atoms with van der Waals surface area (Å²) >= 11 is 0. The number of esters is 1. The Balaban J connectivity index is 4.42. The van der Waals surface area contributed by atoms with E-state index in [1.54, 1.807) is 6.92 Å². The van der Waals surface area contributed by atoms with Gasteiger partial charge in [0, 0.05) is 5.71 Å². The van der Waals surface area contributed by atoms with Gasteiger partial charge in [-0.05, 0) is 6.92 Å². The van der Waals surface area contributed by atoms with Gasteiger partial charge in [-0.25, -0.2) is 0 Å². The number of nitrogens with zero attached hydrogens (tertiary/aromatic N) is 1. The molecule has 0 aromatic carbocycles. The summed E-state index contributed by atoms with van der Waals surface area (Å²) in [7, 11) is 0. The molecule has 0 fully saturated rings. The number of carbonyl (C=O) groups excluding carboxylic acids is 1. The Kier molecular flexibility index (Phi) is 4.92. The number of nitrogens with one attached hydrogen (secondary N) is 1. The summed E-state index contributed by atoms with van der Waals surface area (Å²) in [5.74, 6) is -3.54. The predicted octanol–water partition coefficient (Wildman–Crippen LogP) is 0.184. The zero-order valence-electron chi connectivity index (χ0n) is 7.61. The fraction of sp³-hybridized carbons (Fsp3) is 0.500. The van der Waals surface area contributed by atoms with Crippen molar-refractivity contribution in [1.82, 2.24) is 0 Å². The Morgan fingerprint density at radius 3 is 2.57 bits per heavy atom. The summed E-state index contributed by atoms with van der Waals surface area (Å²) in [5, 5.41) is 24.0. The molecule has 1 unspecified atom stereocenters. The van der Waals surface area contributed by atoms with Crippen LogP contribution in [0.25, 0.3) is 0 Å². The van der Waals surface area contributed by atoms with Crippen molar-refractivity contribution in [2.24, 2.45) is 5.92 Å². The van der Waals surface area contributed by atoms with Gasteiger partial charge < -0.3 is 15.3 Å². The van der Waals surface area contributed by atoms with Crippen LogP contribution in [0.1, 0.15) is 13.3 Å². The van der Waals surface area contributed by atoms with Gasteiger partial charge in [0.25, 0.3) is 0 Å². The van der Waals surface area contributed by atoms with Crippen LogP contribution in [0.4, 0.5) is 0 Å². The Bertz CT molecular complexity index is 292. The van der Waals surface area contributed by atoms with Crippen LogP contribution < -0.4 is 0 Å². The van der Waals surface area contributed by atoms with E-state index in [0.29, 0.717) is 0 Å². The maximum absolute atomic E-state index is 11.0. The number of nitriles is 1. The lowest BCUT2D eigenvalue weighted by Crippen LogP contribution is -2.26. The third kappa shape index (κ3) is 3.67. The molecule has 0 aliphatic carbocycles. The van der Waals surface area contributed by atoms with E-state index >= 15 is 0 Å². The number of carboxylic acid groups (broad SMARTS) is 1. The van der Waals surface area contributed by atoms with Gasteiger partial charge in [-0.15, -0.1) is 0 Å². The molecule has 6 nitrogen and oxygen atoms in total. The Labute approximate surface area is 80.6 Å². The minimum atomic E-state index is -1.41. The molecule has 14 heavy (non-hydrogen) atoms. The number of ether oxygens (including phenoxy) is 1. The molecule has 0 heterocycles. The van der Waals surface area contributed by atoms with Crippen LogP contribution in [-0.2, 0) is 14.3 Å². The van der Waals surface area contributed by atoms with Crippen molar-refractivity contribution in [3.05, 3.63) is 0 Å². The number of hydrogen-bond acceptors (Lipinski definition) is 5. The first-order valence-electron chi connectivity index (χ1n) is 3.88. The maximum atomic E-state index is 11.0. The molecule has 2 N–H and O–H groups in total. The molecule has 0 aromatic heterocycles. The number of aliphatic carboxylic acids is 1. The SMILES string of the molecule is CCOC(=O)C(C#N)C(=N)CC(=O)O. The van der Waals surface area contributed by atoms with Gasteiger partial charge in [0.15, 0.2) is 5.92 Å². The van der Waals surface area contributed by atoms with Gasteiger partial charge in [-0.2, -0.15) is 5.26 Å². The first-order valence-corrected chi connectivity index (χ1v) is 3.88. The van der Waals surface area contributed by atoms with E-state index in [1.165, 1.54) is 6.07 Å². The zero-order chi connectivity index (χ0) is 11.1. The van der Waals surface area contributed by atoms with Crippen molar-refractivity contribution in [3.8, 4) is 6.07 Å². The fourth-order valence-electron chi connectivity index (χ4n) is 0.763. The van der Waals surface area contributed by atoms with Gasteiger partial charge in [-0.3, -0.25) is 9.59 Å². The van der Waals surface area contributed by atoms with Gasteiger partial charge in [-0.1, -0.05) is 0 Å². The lowest BCUT2D eigenvalue weighted by molar-refractivity contribution is -0.144. The smallest absolute Gasteiger partial charge is 0.329 e. The second-order valence-electron chi connectivity index (χ2n) is 2.41. The van der Waals surface area contributed by atoms with Gasteiger partial charge in [0.05, 0.1) is 19.1 Å². The lowest BCUT2D eigenvalue weighted by Gasteiger charge is -2.07. The van der Waals surface area contributed by atoms with Gasteiger partial charge >= 0.3 is 11.9 Å². The Morgan fingerprint density at radius 1 is 1.64 bits per heavy atom. The summed E-state index contributed by atoms with van der Waals surface area (Å²) < 4.78 is 4.50. The van der Waals surface area contributed by atoms with Crippen LogP contribution in [0, 0.1) is 22.7 Å². The monoisotopic (exact) mass is 198 g/mol. The number of hydrogen-bond donors (Lipinski definition) is 2. The van der Waals surface area contributed by atoms with Crippen LogP contribution in [-0.4, -0.2) is 29.4 Å². The molecule has 0 rings (SSSR count). The van der Waals surface area contributed by atoms with E-state index in [-0.39, 0.29) is 6.61 Å². The maximum Gasteiger partial charge on any atom is 0.329 e. The second-order valence-corrected chi connectivity index (χ2v) is 2.41. The average molecular weight is 198 g/mol. The van der Waals surface area contributed by atoms with Crippen molar-refractivity contribution < 1.29 is 19.4 Å². The predicted molar refractivity (Wildman–Crippen MR) is 45.7 cm³/mol. The number of carboxylic acids is 1. The van der Waals surface area contributed by atoms with Gasteiger partial charge in [0.2, 0.25) is 0 Å². The van der Waals surface area contributed by atoms with Crippen LogP contribution in [0.15, 0.2) is 0 Å². The van der Waals surface area contributed by atoms with Crippen LogP contribution in [0.3, 0.4) is 0 Å². The van der Waals surface area contributed by atoms with Crippen molar-refractivity contribution in [1.29, 1.82) is 10.7 Å². The van der Waals surface area contributed by atoms with Crippen LogP contribution in [0.2, 0.25) is 0 Å². The lowest BCUT2D eigenvalue weighted by atomic mass is 10.0. The van der Waals surface area contributed by atoms with E-state index in [0.717, 1.165) is 0 Å². The molecule has 76 valence electrons. The molecule has 0 amide bonds. The Hall–Kier alpha value is -1.90. The highest BCUT2D eigenvalue weighted by Crippen LogP contribution is 2.04. The first kappa shape index (κ1) is 12.1. The molecule has 0 aliphatic rings. The first-order chi connectivity index (χ1) is 6.52. The van der Waals surface area contributed by atoms with Crippen molar-refractivity contribution >= 4 is 17.7 Å². The topological polar surface area (TPSA) is 111 Å². The average Bonchev–Trinajstić information content (AvgIpc) is 2.04. The second kappa shape index (κ2) is 5.70. The third-order valence-electron chi connectivity index (χ3n) is 1.34. The molecule has 0 radical (unpaired) electrons. The van der Waals surface area contributed by atoms with Crippen molar-refractivity contribution in [2.75, 3.05) is 6.61 Å². The molecule has 0 spiro atoms. The largest absolute Gasteiger partial charge is 0.481 e. The minimum absolute atomic E-state index is 0.0946. The van der Waals surface area contributed by atoms with E-state index < -0.39 is 30.0 Å². The highest BCUT2D eigenvalue weighted by Gasteiger charge is 2.25. The third-order valence-corrected chi connectivity index (χ3v) is 1.34. The Morgan fingerprint density at radius 2 is 2.21 bits per heavy atom. The fourth-order valence-corrected chi connectivity index (χ4v) is 0.763. The minimum Gasteiger partial charge on any atom is -0.481 e. The summed E-state index contributed by atoms with van der Waals surface area (Å²) in [5.41, 5.74) is -0.460. The van der Waals surface area contributed by atoms with Crippen LogP contribution >= 0.6 is 0 Å². The normalized spacial score (nSPS) is 11.1. The number of carbonyl (C=O) groups is 2. The van der Waals surface area contributed by atoms with Crippen molar-refractivity contribution in [3.63, 3.8) is 0 Å². The summed E-state index contributed by atoms with van der Waals surface area (Å²) in [6.07, 6.45) is -0.628. The van der Waals surface area contributed by atoms with E-state index in [9.17, 15) is 9.59 Å². The molecular formula is C8H10N2O4. The van der Waals surface area contributed by atoms with Gasteiger partial charge in [0.1, 0.15) is 0 Å². The van der Waals surface area contributed by atoms with Crippen LogP contribution in [0.5, 0.6) is 0 Å². The molecule has 1 atom stereocenters. The molecule has 0 saturated carbocycles. The molecule has 6 heteroatoms. The zero-order valence-corrected chi connectivity index (χ0v) is 7.61. The molecule has 0 saturated heterocycles. The highest BCUT2D eigenvalue weighted by atomic mass is 16.5. The summed E-state index contributed by atoms with van der Waals surface area (Å²) in [6.45, 7) is 1.66.